The molecule has 2 aromatic rings. The first kappa shape index (κ1) is 32.2. The normalized spacial score (nSPS) is 16.4. The van der Waals surface area contributed by atoms with Gasteiger partial charge < -0.3 is 19.7 Å². The van der Waals surface area contributed by atoms with Crippen molar-refractivity contribution < 1.29 is 34.1 Å². The van der Waals surface area contributed by atoms with Gasteiger partial charge in [0, 0.05) is 37.0 Å². The van der Waals surface area contributed by atoms with Crippen LogP contribution in [-0.2, 0) is 16.1 Å². The quantitative estimate of drug-likeness (QED) is 0.284. The summed E-state index contributed by atoms with van der Waals surface area (Å²) in [6.45, 7) is 6.70. The maximum Gasteiger partial charge on any atom is 0.503 e. The molecular weight excluding hydrogens is 548 g/mol. The van der Waals surface area contributed by atoms with Crippen molar-refractivity contribution >= 4 is 29.6 Å². The van der Waals surface area contributed by atoms with E-state index in [2.05, 4.69) is 36.9 Å². The highest BCUT2D eigenvalue weighted by Gasteiger charge is 2.28. The largest absolute Gasteiger partial charge is 0.503 e. The van der Waals surface area contributed by atoms with Gasteiger partial charge in [0.2, 0.25) is 11.8 Å². The summed E-state index contributed by atoms with van der Waals surface area (Å²) < 4.78 is 11.6. The molecule has 224 valence electrons. The minimum absolute atomic E-state index is 0.126. The van der Waals surface area contributed by atoms with Crippen LogP contribution < -0.4 is 9.47 Å². The molecule has 1 atom stereocenters. The molecular formula is C31H41ClN2O7. The molecule has 4 rings (SSSR count). The van der Waals surface area contributed by atoms with E-state index in [0.29, 0.717) is 30.3 Å². The van der Waals surface area contributed by atoms with Gasteiger partial charge in [-0.05, 0) is 67.5 Å². The van der Waals surface area contributed by atoms with Gasteiger partial charge in [0.25, 0.3) is 0 Å². The van der Waals surface area contributed by atoms with Crippen molar-refractivity contribution in [1.82, 2.24) is 9.80 Å². The number of likely N-dealkylation sites (tertiary alicyclic amines) is 1. The fourth-order valence-corrected chi connectivity index (χ4v) is 5.60. The Hall–Kier alpha value is -3.30. The fraction of sp³-hybridized carbons (Fsp3) is 0.516. The molecule has 0 spiro atoms. The van der Waals surface area contributed by atoms with Crippen molar-refractivity contribution in [3.63, 3.8) is 0 Å². The lowest BCUT2D eigenvalue weighted by molar-refractivity contribution is -0.138. The number of hydrogen-bond acceptors (Lipinski definition) is 6. The van der Waals surface area contributed by atoms with Crippen molar-refractivity contribution in [3.8, 4) is 11.5 Å². The highest BCUT2D eigenvalue weighted by molar-refractivity contribution is 6.31. The first-order valence-electron chi connectivity index (χ1n) is 14.1. The van der Waals surface area contributed by atoms with Gasteiger partial charge in [-0.15, -0.1) is 0 Å². The van der Waals surface area contributed by atoms with E-state index in [9.17, 15) is 9.59 Å². The standard InChI is InChI=1S/C30H39ClN2O4.CH2O3/c1-21-17-25(10-11-26(21)31)22(2)32(19-23-7-5-4-6-8-23)20-24-9-12-27(28(18-24)36-3)37-16-15-33-29(34)13-14-30(33)35;2-1(3)4/h9-12,17-18,22-23H,4-8,13-16,19-20H2,1-3H3;(H2,2,3,4)/t22-;/m0./s1. The fourth-order valence-electron chi connectivity index (χ4n) is 5.48. The van der Waals surface area contributed by atoms with Crippen LogP contribution in [0, 0.1) is 12.8 Å². The molecule has 1 aliphatic carbocycles. The third kappa shape index (κ3) is 9.64. The van der Waals surface area contributed by atoms with E-state index >= 15 is 0 Å². The third-order valence-corrected chi connectivity index (χ3v) is 8.19. The van der Waals surface area contributed by atoms with Crippen molar-refractivity contribution in [2.24, 2.45) is 5.92 Å². The molecule has 2 amide bonds. The van der Waals surface area contributed by atoms with Crippen molar-refractivity contribution in [2.75, 3.05) is 26.8 Å². The summed E-state index contributed by atoms with van der Waals surface area (Å²) in [5.41, 5.74) is 3.53. The van der Waals surface area contributed by atoms with Gasteiger partial charge in [0.05, 0.1) is 13.7 Å². The number of rotatable bonds is 11. The lowest BCUT2D eigenvalue weighted by Crippen LogP contribution is -2.33. The number of methoxy groups -OCH3 is 1. The number of imide groups is 1. The number of hydrogen-bond donors (Lipinski definition) is 2. The zero-order chi connectivity index (χ0) is 29.9. The average Bonchev–Trinajstić information content (AvgIpc) is 3.27. The minimum Gasteiger partial charge on any atom is -0.493 e. The monoisotopic (exact) mass is 588 g/mol. The summed E-state index contributed by atoms with van der Waals surface area (Å²) in [6, 6.07) is 12.6. The molecule has 2 aliphatic rings. The zero-order valence-corrected chi connectivity index (χ0v) is 24.9. The molecule has 9 nitrogen and oxygen atoms in total. The van der Waals surface area contributed by atoms with E-state index in [1.807, 2.05) is 18.2 Å². The molecule has 1 aliphatic heterocycles. The van der Waals surface area contributed by atoms with Gasteiger partial charge in [-0.1, -0.05) is 49.1 Å². The van der Waals surface area contributed by atoms with E-state index < -0.39 is 6.16 Å². The van der Waals surface area contributed by atoms with Crippen molar-refractivity contribution in [1.29, 1.82) is 0 Å². The molecule has 10 heteroatoms. The molecule has 2 fully saturated rings. The van der Waals surface area contributed by atoms with Gasteiger partial charge in [-0.3, -0.25) is 19.4 Å². The van der Waals surface area contributed by atoms with Crippen molar-refractivity contribution in [3.05, 3.63) is 58.1 Å². The Labute approximate surface area is 247 Å². The minimum atomic E-state index is -1.83. The molecule has 1 heterocycles. The van der Waals surface area contributed by atoms with Crippen LogP contribution in [0.1, 0.15) is 74.6 Å². The number of carbonyl (C=O) groups excluding carboxylic acids is 2. The summed E-state index contributed by atoms with van der Waals surface area (Å²) in [7, 11) is 1.64. The molecule has 0 unspecified atom stereocenters. The zero-order valence-electron chi connectivity index (χ0n) is 24.1. The second kappa shape index (κ2) is 15.6. The Bertz CT molecular complexity index is 1180. The summed E-state index contributed by atoms with van der Waals surface area (Å²) in [4.78, 5) is 36.1. The topological polar surface area (TPSA) is 117 Å². The van der Waals surface area contributed by atoms with E-state index in [1.165, 1.54) is 42.6 Å². The summed E-state index contributed by atoms with van der Waals surface area (Å²) in [5.74, 6) is 1.73. The van der Waals surface area contributed by atoms with Crippen LogP contribution in [0.15, 0.2) is 36.4 Å². The van der Waals surface area contributed by atoms with Gasteiger partial charge in [-0.2, -0.15) is 0 Å². The van der Waals surface area contributed by atoms with Gasteiger partial charge in [0.1, 0.15) is 6.61 Å². The van der Waals surface area contributed by atoms with Gasteiger partial charge >= 0.3 is 6.16 Å². The SMILES string of the molecule is COc1cc(CN(CC2CCCCC2)[C@@H](C)c2ccc(Cl)c(C)c2)ccc1OCCN1C(=O)CCC1=O.O=C(O)O. The second-order valence-corrected chi connectivity index (χ2v) is 11.1. The van der Waals surface area contributed by atoms with E-state index in [1.54, 1.807) is 7.11 Å². The summed E-state index contributed by atoms with van der Waals surface area (Å²) >= 11 is 6.31. The highest BCUT2D eigenvalue weighted by atomic mass is 35.5. The number of ether oxygens (including phenoxy) is 2. The predicted octanol–water partition coefficient (Wildman–Crippen LogP) is 6.55. The Morgan fingerprint density at radius 2 is 1.71 bits per heavy atom. The maximum atomic E-state index is 11.8. The van der Waals surface area contributed by atoms with E-state index in [0.717, 1.165) is 29.2 Å². The number of aryl methyl sites for hydroxylation is 1. The predicted molar refractivity (Wildman–Crippen MR) is 157 cm³/mol. The van der Waals surface area contributed by atoms with Crippen LogP contribution in [0.2, 0.25) is 5.02 Å². The van der Waals surface area contributed by atoms with Gasteiger partial charge in [-0.25, -0.2) is 4.79 Å². The van der Waals surface area contributed by atoms with Crippen LogP contribution in [-0.4, -0.2) is 64.8 Å². The number of benzene rings is 2. The Morgan fingerprint density at radius 3 is 2.32 bits per heavy atom. The van der Waals surface area contributed by atoms with Crippen LogP contribution in [0.5, 0.6) is 11.5 Å². The lowest BCUT2D eigenvalue weighted by Gasteiger charge is -2.34. The lowest BCUT2D eigenvalue weighted by atomic mass is 9.88. The third-order valence-electron chi connectivity index (χ3n) is 7.77. The Balaban J connectivity index is 0.00000108. The Morgan fingerprint density at radius 1 is 1.05 bits per heavy atom. The number of nitrogens with zero attached hydrogens (tertiary/aromatic N) is 2. The van der Waals surface area contributed by atoms with Crippen LogP contribution >= 0.6 is 11.6 Å². The number of amides is 2. The van der Waals surface area contributed by atoms with E-state index in [-0.39, 0.29) is 31.0 Å². The molecule has 41 heavy (non-hydrogen) atoms. The first-order chi connectivity index (χ1) is 19.6. The van der Waals surface area contributed by atoms with Crippen molar-refractivity contribution in [2.45, 2.75) is 71.4 Å². The number of carboxylic acid groups (broad SMARTS) is 2. The first-order valence-corrected chi connectivity index (χ1v) is 14.5. The molecule has 0 bridgehead atoms. The van der Waals surface area contributed by atoms with E-state index in [4.69, 9.17) is 36.1 Å². The molecule has 0 radical (unpaired) electrons. The molecule has 1 saturated carbocycles. The summed E-state index contributed by atoms with van der Waals surface area (Å²) in [6.07, 6.45) is 5.33. The smallest absolute Gasteiger partial charge is 0.493 e. The molecule has 2 N–H and O–H groups in total. The van der Waals surface area contributed by atoms with Crippen LogP contribution in [0.4, 0.5) is 4.79 Å². The second-order valence-electron chi connectivity index (χ2n) is 10.7. The number of halogens is 1. The number of carbonyl (C=O) groups is 3. The van der Waals surface area contributed by atoms with Crippen LogP contribution in [0.3, 0.4) is 0 Å². The average molecular weight is 589 g/mol. The van der Waals surface area contributed by atoms with Crippen LogP contribution in [0.25, 0.3) is 0 Å². The summed E-state index contributed by atoms with van der Waals surface area (Å²) in [5, 5.41) is 14.7. The highest BCUT2D eigenvalue weighted by Crippen LogP contribution is 2.33. The maximum absolute atomic E-state index is 11.8. The Kier molecular flexibility index (Phi) is 12.3. The molecule has 1 saturated heterocycles. The molecule has 0 aromatic heterocycles. The molecule has 2 aromatic carbocycles. The van der Waals surface area contributed by atoms with Gasteiger partial charge in [0.15, 0.2) is 11.5 Å².